The van der Waals surface area contributed by atoms with Crippen molar-refractivity contribution in [3.05, 3.63) is 35.4 Å². The molecule has 2 saturated heterocycles. The highest BCUT2D eigenvalue weighted by atomic mass is 16.4. The Balaban J connectivity index is 1.23. The number of hydrogen-bond acceptors (Lipinski definition) is 4. The van der Waals surface area contributed by atoms with Crippen LogP contribution in [0.15, 0.2) is 24.3 Å². The Bertz CT molecular complexity index is 827. The minimum Gasteiger partial charge on any atom is -0.480 e. The summed E-state index contributed by atoms with van der Waals surface area (Å²) in [6.07, 6.45) is 4.07. The van der Waals surface area contributed by atoms with Gasteiger partial charge >= 0.3 is 12.0 Å². The Morgan fingerprint density at radius 1 is 1.07 bits per heavy atom. The average molecular weight is 413 g/mol. The molecule has 0 bridgehead atoms. The van der Waals surface area contributed by atoms with Gasteiger partial charge in [-0.05, 0) is 36.8 Å². The second kappa shape index (κ2) is 8.45. The summed E-state index contributed by atoms with van der Waals surface area (Å²) >= 11 is 0. The standard InChI is InChI=1S/C22H27N3O5/c26-19(23-12-6-9-17(23)21(28)29)10-2-1-5-11-24-20(27)18-13-15-7-3-4-8-16(15)14-25(18)22(24)30/h3-4,7-8,17-18H,1-2,5-6,9-14H2,(H,28,29)/t17-,18-/m1/s1. The van der Waals surface area contributed by atoms with Gasteiger partial charge in [-0.15, -0.1) is 0 Å². The van der Waals surface area contributed by atoms with Crippen LogP contribution in [0.25, 0.3) is 0 Å². The topological polar surface area (TPSA) is 98.2 Å². The molecule has 4 amide bonds. The number of rotatable bonds is 7. The molecule has 30 heavy (non-hydrogen) atoms. The molecule has 1 aromatic carbocycles. The van der Waals surface area contributed by atoms with Crippen LogP contribution in [0.2, 0.25) is 0 Å². The van der Waals surface area contributed by atoms with E-state index in [2.05, 4.69) is 0 Å². The van der Waals surface area contributed by atoms with Crippen LogP contribution < -0.4 is 0 Å². The molecule has 3 heterocycles. The van der Waals surface area contributed by atoms with E-state index in [0.717, 1.165) is 17.5 Å². The molecule has 0 aliphatic carbocycles. The van der Waals surface area contributed by atoms with Gasteiger partial charge in [0.15, 0.2) is 0 Å². The van der Waals surface area contributed by atoms with Crippen molar-refractivity contribution in [2.45, 2.75) is 63.6 Å². The van der Waals surface area contributed by atoms with Crippen molar-refractivity contribution in [1.82, 2.24) is 14.7 Å². The quantitative estimate of drug-likeness (QED) is 0.545. The minimum atomic E-state index is -0.939. The van der Waals surface area contributed by atoms with Gasteiger partial charge < -0.3 is 14.9 Å². The van der Waals surface area contributed by atoms with E-state index in [1.165, 1.54) is 9.80 Å². The molecule has 2 atom stereocenters. The molecular weight excluding hydrogens is 386 g/mol. The maximum Gasteiger partial charge on any atom is 0.327 e. The highest BCUT2D eigenvalue weighted by Gasteiger charge is 2.46. The predicted octanol–water partition coefficient (Wildman–Crippen LogP) is 2.01. The van der Waals surface area contributed by atoms with Gasteiger partial charge in [-0.2, -0.15) is 0 Å². The van der Waals surface area contributed by atoms with E-state index in [1.54, 1.807) is 4.90 Å². The van der Waals surface area contributed by atoms with Gasteiger partial charge in [-0.25, -0.2) is 9.59 Å². The van der Waals surface area contributed by atoms with Gasteiger partial charge in [0.05, 0.1) is 0 Å². The fraction of sp³-hybridized carbons (Fsp3) is 0.545. The van der Waals surface area contributed by atoms with Crippen LogP contribution in [-0.4, -0.2) is 68.8 Å². The first-order chi connectivity index (χ1) is 14.5. The summed E-state index contributed by atoms with van der Waals surface area (Å²) < 4.78 is 0. The number of hydrogen-bond donors (Lipinski definition) is 1. The lowest BCUT2D eigenvalue weighted by atomic mass is 9.95. The van der Waals surface area contributed by atoms with Crippen molar-refractivity contribution in [3.63, 3.8) is 0 Å². The number of carboxylic acids is 1. The molecule has 8 heteroatoms. The van der Waals surface area contributed by atoms with E-state index in [1.807, 2.05) is 24.3 Å². The maximum atomic E-state index is 12.8. The number of aliphatic carboxylic acids is 1. The highest BCUT2D eigenvalue weighted by molar-refractivity contribution is 6.04. The van der Waals surface area contributed by atoms with Crippen LogP contribution in [0, 0.1) is 0 Å². The summed E-state index contributed by atoms with van der Waals surface area (Å²) in [4.78, 5) is 53.5. The Kier molecular flexibility index (Phi) is 5.74. The number of benzene rings is 1. The number of carbonyl (C=O) groups excluding carboxylic acids is 3. The highest BCUT2D eigenvalue weighted by Crippen LogP contribution is 2.30. The van der Waals surface area contributed by atoms with E-state index in [-0.39, 0.29) is 17.8 Å². The number of likely N-dealkylation sites (tertiary alicyclic amines) is 1. The molecule has 4 rings (SSSR count). The molecule has 1 N–H and O–H groups in total. The summed E-state index contributed by atoms with van der Waals surface area (Å²) in [7, 11) is 0. The summed E-state index contributed by atoms with van der Waals surface area (Å²) in [5.74, 6) is -1.19. The van der Waals surface area contributed by atoms with Crippen LogP contribution in [-0.2, 0) is 27.3 Å². The van der Waals surface area contributed by atoms with Gasteiger partial charge in [0, 0.05) is 32.5 Å². The zero-order valence-electron chi connectivity index (χ0n) is 17.0. The second-order valence-electron chi connectivity index (χ2n) is 8.28. The fourth-order valence-electron chi connectivity index (χ4n) is 4.77. The lowest BCUT2D eigenvalue weighted by Crippen LogP contribution is -2.40. The molecule has 0 unspecified atom stereocenters. The third kappa shape index (κ3) is 3.78. The van der Waals surface area contributed by atoms with Crippen molar-refractivity contribution < 1.29 is 24.3 Å². The molecule has 0 spiro atoms. The maximum absolute atomic E-state index is 12.8. The third-order valence-electron chi connectivity index (χ3n) is 6.41. The molecule has 8 nitrogen and oxygen atoms in total. The Morgan fingerprint density at radius 3 is 2.60 bits per heavy atom. The molecule has 3 aliphatic rings. The normalized spacial score (nSPS) is 23.0. The predicted molar refractivity (Wildman–Crippen MR) is 107 cm³/mol. The van der Waals surface area contributed by atoms with Gasteiger partial charge in [0.1, 0.15) is 12.1 Å². The van der Waals surface area contributed by atoms with E-state index < -0.39 is 18.1 Å². The average Bonchev–Trinajstić information content (AvgIpc) is 3.32. The molecule has 2 fully saturated rings. The van der Waals surface area contributed by atoms with E-state index in [4.69, 9.17) is 0 Å². The summed E-state index contributed by atoms with van der Waals surface area (Å²) in [6.45, 7) is 1.33. The van der Waals surface area contributed by atoms with Crippen molar-refractivity contribution in [1.29, 1.82) is 0 Å². The lowest BCUT2D eigenvalue weighted by Gasteiger charge is -2.28. The van der Waals surface area contributed by atoms with E-state index >= 15 is 0 Å². The summed E-state index contributed by atoms with van der Waals surface area (Å²) in [5, 5.41) is 9.19. The van der Waals surface area contributed by atoms with Crippen molar-refractivity contribution >= 4 is 23.8 Å². The molecule has 0 saturated carbocycles. The Morgan fingerprint density at radius 2 is 1.83 bits per heavy atom. The first kappa shape index (κ1) is 20.4. The summed E-state index contributed by atoms with van der Waals surface area (Å²) in [6, 6.07) is 6.59. The monoisotopic (exact) mass is 413 g/mol. The molecule has 160 valence electrons. The fourth-order valence-corrected chi connectivity index (χ4v) is 4.77. The molecule has 0 radical (unpaired) electrons. The first-order valence-electron chi connectivity index (χ1n) is 10.7. The number of amides is 4. The van der Waals surface area contributed by atoms with E-state index in [0.29, 0.717) is 58.2 Å². The number of fused-ring (bicyclic) bond motifs is 2. The molecular formula is C22H27N3O5. The van der Waals surface area contributed by atoms with Crippen molar-refractivity contribution in [2.75, 3.05) is 13.1 Å². The smallest absolute Gasteiger partial charge is 0.327 e. The van der Waals surface area contributed by atoms with Gasteiger partial charge in [0.25, 0.3) is 5.91 Å². The number of nitrogens with zero attached hydrogens (tertiary/aromatic N) is 3. The van der Waals surface area contributed by atoms with Gasteiger partial charge in [-0.1, -0.05) is 30.7 Å². The first-order valence-corrected chi connectivity index (χ1v) is 10.7. The van der Waals surface area contributed by atoms with Crippen LogP contribution in [0.5, 0.6) is 0 Å². The summed E-state index contributed by atoms with van der Waals surface area (Å²) in [5.41, 5.74) is 2.22. The zero-order valence-corrected chi connectivity index (χ0v) is 17.0. The second-order valence-corrected chi connectivity index (χ2v) is 8.28. The van der Waals surface area contributed by atoms with Gasteiger partial charge in [0.2, 0.25) is 5.91 Å². The zero-order chi connectivity index (χ0) is 21.3. The van der Waals surface area contributed by atoms with Crippen LogP contribution in [0.4, 0.5) is 4.79 Å². The van der Waals surface area contributed by atoms with Gasteiger partial charge in [-0.3, -0.25) is 14.5 Å². The number of urea groups is 1. The molecule has 0 aromatic heterocycles. The SMILES string of the molecule is O=C(O)[C@H]1CCCN1C(=O)CCCCCN1C(=O)[C@H]2Cc3ccccc3CN2C1=O. The van der Waals surface area contributed by atoms with E-state index in [9.17, 15) is 24.3 Å². The van der Waals surface area contributed by atoms with Crippen molar-refractivity contribution in [2.24, 2.45) is 0 Å². The van der Waals surface area contributed by atoms with Crippen LogP contribution in [0.3, 0.4) is 0 Å². The third-order valence-corrected chi connectivity index (χ3v) is 6.41. The van der Waals surface area contributed by atoms with Crippen LogP contribution in [0.1, 0.15) is 49.7 Å². The molecule has 1 aromatic rings. The number of carboxylic acid groups (broad SMARTS) is 1. The Hall–Kier alpha value is -2.90. The number of imide groups is 1. The number of carbonyl (C=O) groups is 4. The largest absolute Gasteiger partial charge is 0.480 e. The minimum absolute atomic E-state index is 0.122. The van der Waals surface area contributed by atoms with Crippen LogP contribution >= 0.6 is 0 Å². The number of unbranched alkanes of at least 4 members (excludes halogenated alkanes) is 2. The lowest BCUT2D eigenvalue weighted by molar-refractivity contribution is -0.148. The van der Waals surface area contributed by atoms with Crippen molar-refractivity contribution in [3.8, 4) is 0 Å². The molecule has 3 aliphatic heterocycles. The Labute approximate surface area is 175 Å².